The summed E-state index contributed by atoms with van der Waals surface area (Å²) in [6.07, 6.45) is 1.37. The Bertz CT molecular complexity index is 659. The number of thiocarbonyl (C=S) groups is 1. The maximum absolute atomic E-state index is 11.7. The van der Waals surface area contributed by atoms with Crippen LogP contribution in [0.3, 0.4) is 0 Å². The van der Waals surface area contributed by atoms with Gasteiger partial charge in [-0.05, 0) is 36.5 Å². The average Bonchev–Trinajstić information content (AvgIpc) is 2.89. The molecule has 0 fully saturated rings. The second-order valence-electron chi connectivity index (χ2n) is 3.67. The molecular formula is C12H8Cl2N2O3S. The molecule has 1 aromatic heterocycles. The Labute approximate surface area is 129 Å². The molecule has 0 atom stereocenters. The molecule has 0 saturated heterocycles. The number of phenols is 1. The van der Waals surface area contributed by atoms with E-state index in [9.17, 15) is 9.90 Å². The van der Waals surface area contributed by atoms with Crippen molar-refractivity contribution in [3.05, 3.63) is 46.3 Å². The molecular weight excluding hydrogens is 323 g/mol. The molecule has 2 aromatic rings. The molecule has 0 unspecified atom stereocenters. The Balaban J connectivity index is 2.07. The van der Waals surface area contributed by atoms with E-state index in [-0.39, 0.29) is 27.3 Å². The first-order valence-electron chi connectivity index (χ1n) is 5.31. The number of benzene rings is 1. The zero-order valence-electron chi connectivity index (χ0n) is 9.81. The number of aromatic hydroxyl groups is 1. The van der Waals surface area contributed by atoms with Gasteiger partial charge in [-0.15, -0.1) is 0 Å². The molecule has 0 radical (unpaired) electrons. The molecule has 3 N–H and O–H groups in total. The van der Waals surface area contributed by atoms with Crippen LogP contribution in [0.2, 0.25) is 10.0 Å². The van der Waals surface area contributed by atoms with Crippen molar-refractivity contribution in [3.63, 3.8) is 0 Å². The Kier molecular flexibility index (Phi) is 4.49. The summed E-state index contributed by atoms with van der Waals surface area (Å²) in [5.41, 5.74) is 0.187. The third-order valence-corrected chi connectivity index (χ3v) is 2.96. The van der Waals surface area contributed by atoms with Gasteiger partial charge >= 0.3 is 0 Å². The minimum Gasteiger partial charge on any atom is -0.504 e. The second kappa shape index (κ2) is 6.13. The van der Waals surface area contributed by atoms with Gasteiger partial charge in [0.25, 0.3) is 5.91 Å². The molecule has 1 amide bonds. The van der Waals surface area contributed by atoms with E-state index >= 15 is 0 Å². The van der Waals surface area contributed by atoms with E-state index in [0.29, 0.717) is 5.02 Å². The predicted octanol–water partition coefficient (Wildman–Crippen LogP) is 3.42. The van der Waals surface area contributed by atoms with E-state index in [4.69, 9.17) is 39.8 Å². The minimum atomic E-state index is -0.514. The van der Waals surface area contributed by atoms with Crippen molar-refractivity contribution in [2.24, 2.45) is 0 Å². The van der Waals surface area contributed by atoms with Gasteiger partial charge in [0.15, 0.2) is 16.6 Å². The minimum absolute atomic E-state index is 0.0277. The predicted molar refractivity (Wildman–Crippen MR) is 80.5 cm³/mol. The SMILES string of the molecule is O=C(NC(=S)Nc1cc(Cl)cc(Cl)c1O)c1ccco1. The van der Waals surface area contributed by atoms with Crippen LogP contribution < -0.4 is 10.6 Å². The molecule has 0 bridgehead atoms. The first-order valence-corrected chi connectivity index (χ1v) is 6.47. The lowest BCUT2D eigenvalue weighted by atomic mass is 10.3. The molecule has 0 aliphatic carbocycles. The third-order valence-electron chi connectivity index (χ3n) is 2.25. The zero-order chi connectivity index (χ0) is 14.7. The summed E-state index contributed by atoms with van der Waals surface area (Å²) >= 11 is 16.5. The van der Waals surface area contributed by atoms with Gasteiger partial charge in [-0.25, -0.2) is 0 Å². The van der Waals surface area contributed by atoms with Crippen molar-refractivity contribution in [1.82, 2.24) is 5.32 Å². The lowest BCUT2D eigenvalue weighted by Crippen LogP contribution is -2.33. The van der Waals surface area contributed by atoms with Crippen LogP contribution in [0.4, 0.5) is 5.69 Å². The quantitative estimate of drug-likeness (QED) is 0.581. The van der Waals surface area contributed by atoms with Crippen LogP contribution in [0.15, 0.2) is 34.9 Å². The lowest BCUT2D eigenvalue weighted by Gasteiger charge is -2.11. The van der Waals surface area contributed by atoms with Gasteiger partial charge in [-0.1, -0.05) is 23.2 Å². The Hall–Kier alpha value is -1.76. The van der Waals surface area contributed by atoms with Gasteiger partial charge in [0, 0.05) is 5.02 Å². The van der Waals surface area contributed by atoms with Gasteiger partial charge in [-0.3, -0.25) is 10.1 Å². The smallest absolute Gasteiger partial charge is 0.293 e. The van der Waals surface area contributed by atoms with Crippen LogP contribution in [-0.2, 0) is 0 Å². The number of nitrogens with one attached hydrogen (secondary N) is 2. The molecule has 104 valence electrons. The molecule has 2 rings (SSSR count). The van der Waals surface area contributed by atoms with E-state index in [1.165, 1.54) is 24.5 Å². The summed E-state index contributed by atoms with van der Waals surface area (Å²) in [6, 6.07) is 5.88. The number of anilines is 1. The first kappa shape index (κ1) is 14.6. The van der Waals surface area contributed by atoms with E-state index in [0.717, 1.165) is 0 Å². The maximum Gasteiger partial charge on any atom is 0.293 e. The van der Waals surface area contributed by atoms with Crippen LogP contribution in [-0.4, -0.2) is 16.1 Å². The normalized spacial score (nSPS) is 10.1. The summed E-state index contributed by atoms with van der Waals surface area (Å²) in [5.74, 6) is -0.617. The standard InChI is InChI=1S/C12H8Cl2N2O3S/c13-6-4-7(14)10(17)8(5-6)15-12(20)16-11(18)9-2-1-3-19-9/h1-5,17H,(H2,15,16,18,20). The fraction of sp³-hybridized carbons (Fsp3) is 0. The summed E-state index contributed by atoms with van der Waals surface area (Å²) in [7, 11) is 0. The summed E-state index contributed by atoms with van der Waals surface area (Å²) in [6.45, 7) is 0. The fourth-order valence-electron chi connectivity index (χ4n) is 1.39. The number of halogens is 2. The van der Waals surface area contributed by atoms with E-state index < -0.39 is 5.91 Å². The van der Waals surface area contributed by atoms with Crippen LogP contribution in [0.1, 0.15) is 10.6 Å². The van der Waals surface area contributed by atoms with Crippen molar-refractivity contribution >= 4 is 52.1 Å². The number of amides is 1. The van der Waals surface area contributed by atoms with E-state index in [1.54, 1.807) is 6.07 Å². The molecule has 0 saturated carbocycles. The molecule has 8 heteroatoms. The second-order valence-corrected chi connectivity index (χ2v) is 4.92. The monoisotopic (exact) mass is 330 g/mol. The van der Waals surface area contributed by atoms with Crippen LogP contribution >= 0.6 is 35.4 Å². The molecule has 1 aromatic carbocycles. The molecule has 1 heterocycles. The van der Waals surface area contributed by atoms with Crippen LogP contribution in [0.25, 0.3) is 0 Å². The third kappa shape index (κ3) is 3.41. The first-order chi connectivity index (χ1) is 9.47. The highest BCUT2D eigenvalue weighted by molar-refractivity contribution is 7.80. The van der Waals surface area contributed by atoms with Gasteiger partial charge in [-0.2, -0.15) is 0 Å². The van der Waals surface area contributed by atoms with Gasteiger partial charge in [0.1, 0.15) is 0 Å². The number of carbonyl (C=O) groups excluding carboxylic acids is 1. The van der Waals surface area contributed by atoms with E-state index in [2.05, 4.69) is 10.6 Å². The number of hydrogen-bond acceptors (Lipinski definition) is 4. The lowest BCUT2D eigenvalue weighted by molar-refractivity contribution is 0.0950. The number of hydrogen-bond donors (Lipinski definition) is 3. The van der Waals surface area contributed by atoms with Crippen LogP contribution in [0, 0.1) is 0 Å². The van der Waals surface area contributed by atoms with Gasteiger partial charge in [0.05, 0.1) is 17.0 Å². The summed E-state index contributed by atoms with van der Waals surface area (Å²) in [5, 5.41) is 15.1. The van der Waals surface area contributed by atoms with Gasteiger partial charge in [0.2, 0.25) is 0 Å². The largest absolute Gasteiger partial charge is 0.504 e. The Morgan fingerprint density at radius 2 is 2.10 bits per heavy atom. The highest BCUT2D eigenvalue weighted by Crippen LogP contribution is 2.34. The Morgan fingerprint density at radius 3 is 2.75 bits per heavy atom. The van der Waals surface area contributed by atoms with Crippen molar-refractivity contribution in [2.45, 2.75) is 0 Å². The molecule has 5 nitrogen and oxygen atoms in total. The topological polar surface area (TPSA) is 74.5 Å². The van der Waals surface area contributed by atoms with Crippen molar-refractivity contribution in [1.29, 1.82) is 0 Å². The highest BCUT2D eigenvalue weighted by Gasteiger charge is 2.13. The average molecular weight is 331 g/mol. The molecule has 0 aliphatic rings. The number of phenolic OH excluding ortho intramolecular Hbond substituents is 1. The summed E-state index contributed by atoms with van der Waals surface area (Å²) < 4.78 is 4.92. The number of rotatable bonds is 2. The molecule has 0 aliphatic heterocycles. The Morgan fingerprint density at radius 1 is 1.35 bits per heavy atom. The van der Waals surface area contributed by atoms with E-state index in [1.807, 2.05) is 0 Å². The summed E-state index contributed by atoms with van der Waals surface area (Å²) in [4.78, 5) is 11.7. The van der Waals surface area contributed by atoms with Crippen LogP contribution in [0.5, 0.6) is 5.75 Å². The fourth-order valence-corrected chi connectivity index (χ4v) is 2.08. The number of carbonyl (C=O) groups is 1. The maximum atomic E-state index is 11.7. The van der Waals surface area contributed by atoms with Crippen molar-refractivity contribution in [2.75, 3.05) is 5.32 Å². The molecule has 0 spiro atoms. The highest BCUT2D eigenvalue weighted by atomic mass is 35.5. The molecule has 20 heavy (non-hydrogen) atoms. The van der Waals surface area contributed by atoms with Crippen molar-refractivity contribution < 1.29 is 14.3 Å². The zero-order valence-corrected chi connectivity index (χ0v) is 12.1. The number of furan rings is 1. The van der Waals surface area contributed by atoms with Gasteiger partial charge < -0.3 is 14.8 Å². The van der Waals surface area contributed by atoms with Crippen molar-refractivity contribution in [3.8, 4) is 5.75 Å².